The van der Waals surface area contributed by atoms with Gasteiger partial charge < -0.3 is 0 Å². The summed E-state index contributed by atoms with van der Waals surface area (Å²) in [6.07, 6.45) is 0. The number of rotatable bonds is 15. The number of carbonyl (C=O) groups is 6. The number of hydrogen-bond donors (Lipinski definition) is 0. The van der Waals surface area contributed by atoms with Crippen molar-refractivity contribution >= 4 is 34.7 Å². The number of benzene rings is 6. The molecule has 0 radical (unpaired) electrons. The van der Waals surface area contributed by atoms with Gasteiger partial charge in [0, 0.05) is 0 Å². The second-order valence-electron chi connectivity index (χ2n) is 11.8. The van der Waals surface area contributed by atoms with Crippen molar-refractivity contribution in [1.29, 1.82) is 0 Å². The van der Waals surface area contributed by atoms with Crippen molar-refractivity contribution < 1.29 is 71.1 Å². The van der Waals surface area contributed by atoms with Crippen LogP contribution in [0.3, 0.4) is 0 Å². The van der Waals surface area contributed by atoms with E-state index in [2.05, 4.69) is 0 Å². The summed E-state index contributed by atoms with van der Waals surface area (Å²) in [7, 11) is 0. The van der Waals surface area contributed by atoms with Gasteiger partial charge in [0.15, 0.2) is 0 Å². The van der Waals surface area contributed by atoms with E-state index in [4.69, 9.17) is 0 Å². The van der Waals surface area contributed by atoms with Gasteiger partial charge in [-0.2, -0.15) is 0 Å². The van der Waals surface area contributed by atoms with Gasteiger partial charge in [-0.3, -0.25) is 0 Å². The fourth-order valence-corrected chi connectivity index (χ4v) is 15.2. The molecule has 256 valence electrons. The molecule has 0 fully saturated rings. The van der Waals surface area contributed by atoms with Gasteiger partial charge in [-0.15, -0.1) is 0 Å². The minimum absolute atomic E-state index is 0.169. The predicted octanol–water partition coefficient (Wildman–Crippen LogP) is 9.27. The van der Waals surface area contributed by atoms with Gasteiger partial charge in [0.05, 0.1) is 0 Å². The van der Waals surface area contributed by atoms with E-state index >= 15 is 28.8 Å². The molecule has 0 spiro atoms. The van der Waals surface area contributed by atoms with Crippen molar-refractivity contribution in [1.82, 2.24) is 0 Å². The Labute approximate surface area is 319 Å². The molecule has 0 aromatic heterocycles. The second kappa shape index (κ2) is 17.4. The summed E-state index contributed by atoms with van der Waals surface area (Å²) < 4.78 is -4.90. The molecule has 0 bridgehead atoms. The molecule has 6 aromatic rings. The van der Waals surface area contributed by atoms with Crippen LogP contribution in [0, 0.1) is 42.3 Å². The second-order valence-corrected chi connectivity index (χ2v) is 18.5. The van der Waals surface area contributed by atoms with E-state index in [1.54, 1.807) is 182 Å². The fourth-order valence-electron chi connectivity index (χ4n) is 5.91. The zero-order valence-corrected chi connectivity index (χ0v) is 30.3. The van der Waals surface area contributed by atoms with Crippen molar-refractivity contribution in [3.05, 3.63) is 215 Å². The number of ketones is 6. The average molecular weight is 822 g/mol. The average Bonchev–Trinajstić information content (AvgIpc) is 3.22. The Kier molecular flexibility index (Phi) is 12.3. The van der Waals surface area contributed by atoms with E-state index in [0.29, 0.717) is 0 Å². The molecule has 0 amide bonds. The van der Waals surface area contributed by atoms with Crippen LogP contribution in [0.25, 0.3) is 0 Å². The van der Waals surface area contributed by atoms with Crippen LogP contribution in [-0.4, -0.2) is 34.7 Å². The van der Waals surface area contributed by atoms with Gasteiger partial charge in [-0.1, -0.05) is 0 Å². The molecule has 0 aliphatic rings. The van der Waals surface area contributed by atoms with Crippen molar-refractivity contribution in [3.63, 3.8) is 0 Å². The molecule has 0 atom stereocenters. The standard InChI is InChI=1S/3C15H11O2.Eu/c3*16-14(12-7-3-1-4-8-12)11-15(17)13-9-5-2-6-10-13;/h3*1-11H;. The van der Waals surface area contributed by atoms with Crippen molar-refractivity contribution in [2.75, 3.05) is 0 Å². The SMILES string of the molecule is O=C(c1ccccc1)[CH](C(=O)c1ccccc1)[Eu]([CH](C(=O)c1ccccc1)C(=O)c1ccccc1)[CH](C(=O)c1ccccc1)C(=O)c1ccccc1. The molecule has 0 unspecified atom stereocenters. The summed E-state index contributed by atoms with van der Waals surface area (Å²) in [4.78, 5) is 90.2. The van der Waals surface area contributed by atoms with Crippen LogP contribution in [0.2, 0.25) is 0.936 Å². The van der Waals surface area contributed by atoms with Gasteiger partial charge in [-0.05, 0) is 0 Å². The molecule has 0 N–H and O–H groups in total. The molecule has 0 saturated heterocycles. The third-order valence-corrected chi connectivity index (χ3v) is 17.2. The quantitative estimate of drug-likeness (QED) is 0.0757. The van der Waals surface area contributed by atoms with E-state index in [9.17, 15) is 0 Å². The Morgan fingerprint density at radius 1 is 0.250 bits per heavy atom. The Morgan fingerprint density at radius 3 is 0.519 bits per heavy atom. The van der Waals surface area contributed by atoms with Gasteiger partial charge in [0.25, 0.3) is 0 Å². The van der Waals surface area contributed by atoms with E-state index in [1.165, 1.54) is 0 Å². The predicted molar refractivity (Wildman–Crippen MR) is 196 cm³/mol. The zero-order chi connectivity index (χ0) is 36.5. The van der Waals surface area contributed by atoms with Crippen molar-refractivity contribution in [3.8, 4) is 0 Å². The van der Waals surface area contributed by atoms with Gasteiger partial charge in [0.2, 0.25) is 0 Å². The first-order valence-corrected chi connectivity index (χ1v) is 20.8. The van der Waals surface area contributed by atoms with Crippen LogP contribution in [0.15, 0.2) is 182 Å². The third-order valence-electron chi connectivity index (χ3n) is 8.49. The molecule has 0 saturated carbocycles. The van der Waals surface area contributed by atoms with Crippen molar-refractivity contribution in [2.24, 2.45) is 0 Å². The molecule has 7 heteroatoms. The van der Waals surface area contributed by atoms with Crippen LogP contribution in [-0.2, 0) is 0 Å². The van der Waals surface area contributed by atoms with Gasteiger partial charge >= 0.3 is 322 Å². The normalized spacial score (nSPS) is 11.2. The molecular weight excluding hydrogens is 788 g/mol. The van der Waals surface area contributed by atoms with E-state index in [1.807, 2.05) is 0 Å². The number of Topliss-reactive ketones (excluding diaryl/α,β-unsaturated/α-hetero) is 6. The molecule has 0 aliphatic heterocycles. The Bertz CT molecular complexity index is 1780. The Balaban J connectivity index is 1.71. The summed E-state index contributed by atoms with van der Waals surface area (Å²) in [5, 5.41) is 0. The number of hydrogen-bond acceptors (Lipinski definition) is 6. The van der Waals surface area contributed by atoms with Crippen LogP contribution in [0.5, 0.6) is 0 Å². The Morgan fingerprint density at radius 2 is 0.385 bits per heavy atom. The van der Waals surface area contributed by atoms with E-state index in [0.717, 1.165) is 0 Å². The molecular formula is C45H33EuO6. The van der Waals surface area contributed by atoms with Gasteiger partial charge in [0.1, 0.15) is 0 Å². The Hall–Kier alpha value is -5.08. The molecule has 6 aromatic carbocycles. The van der Waals surface area contributed by atoms with Crippen LogP contribution in [0.4, 0.5) is 0 Å². The van der Waals surface area contributed by atoms with Crippen LogP contribution >= 0.6 is 0 Å². The van der Waals surface area contributed by atoms with E-state index < -0.39 is 77.9 Å². The third kappa shape index (κ3) is 8.18. The van der Waals surface area contributed by atoms with Gasteiger partial charge in [-0.25, -0.2) is 0 Å². The summed E-state index contributed by atoms with van der Waals surface area (Å²) in [5.74, 6) is -3.85. The molecule has 0 aliphatic carbocycles. The maximum atomic E-state index is 15.0. The minimum atomic E-state index is -4.80. The zero-order valence-electron chi connectivity index (χ0n) is 27.9. The molecule has 6 nitrogen and oxygen atoms in total. The monoisotopic (exact) mass is 822 g/mol. The summed E-state index contributed by atoms with van der Waals surface area (Å²) in [6.45, 7) is 0. The maximum absolute atomic E-state index is 15.0. The first-order valence-electron chi connectivity index (χ1n) is 16.6. The summed E-state index contributed by atoms with van der Waals surface area (Å²) >= 11 is -4.80. The number of carbonyl (C=O) groups excluding carboxylic acids is 6. The fraction of sp³-hybridized carbons (Fsp3) is 0.0667. The van der Waals surface area contributed by atoms with Crippen LogP contribution < -0.4 is 0 Å². The summed E-state index contributed by atoms with van der Waals surface area (Å²) in [6, 6.07) is 49.0. The first-order chi connectivity index (χ1) is 25.4. The topological polar surface area (TPSA) is 102 Å². The van der Waals surface area contributed by atoms with Crippen LogP contribution in [0.1, 0.15) is 62.1 Å². The molecule has 0 heterocycles. The van der Waals surface area contributed by atoms with Crippen molar-refractivity contribution in [2.45, 2.75) is 0.936 Å². The van der Waals surface area contributed by atoms with E-state index in [-0.39, 0.29) is 33.4 Å². The molecule has 6 rings (SSSR count). The first kappa shape index (κ1) is 36.7. The molecule has 52 heavy (non-hydrogen) atoms. The summed E-state index contributed by atoms with van der Waals surface area (Å²) in [5.41, 5.74) is 1.02.